The Bertz CT molecular complexity index is 951. The number of rotatable bonds is 11. The van der Waals surface area contributed by atoms with Crippen LogP contribution in [0, 0.1) is 24.2 Å². The quantitative estimate of drug-likeness (QED) is 0.248. The molecule has 0 bridgehead atoms. The standard InChI is InChI=1S/C28H40ClFO5/c1-8-33-27(34-9-2)23-19(5)24(29)26(35-16-30)21(25(23)32)12-10-17(3)14-15-28(7)18(4)11-13-22(31)20(28)6/h10,14-15,18,20,27,32H,8-9,11-13,16H2,1-7H3/b15-14+,17-10+/t18-,20+,28+/m1/s1. The molecule has 1 aromatic carbocycles. The first-order chi connectivity index (χ1) is 16.5. The summed E-state index contributed by atoms with van der Waals surface area (Å²) >= 11 is 6.56. The molecule has 0 amide bonds. The lowest BCUT2D eigenvalue weighted by Gasteiger charge is -2.42. The van der Waals surface area contributed by atoms with Gasteiger partial charge >= 0.3 is 0 Å². The van der Waals surface area contributed by atoms with Crippen molar-refractivity contribution in [3.8, 4) is 11.5 Å². The number of phenols is 1. The smallest absolute Gasteiger partial charge is 0.228 e. The topological polar surface area (TPSA) is 65.0 Å². The largest absolute Gasteiger partial charge is 0.507 e. The van der Waals surface area contributed by atoms with Crippen molar-refractivity contribution in [2.45, 2.75) is 74.0 Å². The van der Waals surface area contributed by atoms with Crippen LogP contribution in [0.25, 0.3) is 0 Å². The second-order valence-electron chi connectivity index (χ2n) is 9.48. The molecular formula is C28H40ClFO5. The first-order valence-corrected chi connectivity index (χ1v) is 12.8. The van der Waals surface area contributed by atoms with Gasteiger partial charge in [0.2, 0.25) is 6.86 Å². The number of Topliss-reactive ketones (excluding diaryl/α,β-unsaturated/α-hetero) is 1. The lowest BCUT2D eigenvalue weighted by Crippen LogP contribution is -2.40. The molecule has 35 heavy (non-hydrogen) atoms. The van der Waals surface area contributed by atoms with Gasteiger partial charge in [0.05, 0.1) is 10.6 Å². The summed E-state index contributed by atoms with van der Waals surface area (Å²) in [6.45, 7) is 13.3. The molecule has 3 atom stereocenters. The molecule has 196 valence electrons. The predicted molar refractivity (Wildman–Crippen MR) is 138 cm³/mol. The van der Waals surface area contributed by atoms with Crippen LogP contribution in [0.15, 0.2) is 23.8 Å². The lowest BCUT2D eigenvalue weighted by molar-refractivity contribution is -0.141. The number of halogens is 2. The van der Waals surface area contributed by atoms with E-state index in [1.54, 1.807) is 6.92 Å². The highest BCUT2D eigenvalue weighted by atomic mass is 35.5. The molecule has 1 saturated carbocycles. The molecule has 1 aromatic rings. The molecule has 7 heteroatoms. The Morgan fingerprint density at radius 3 is 2.49 bits per heavy atom. The number of hydrogen-bond donors (Lipinski definition) is 1. The third kappa shape index (κ3) is 6.46. The Kier molecular flexibility index (Phi) is 10.8. The van der Waals surface area contributed by atoms with Gasteiger partial charge in [-0.2, -0.15) is 0 Å². The van der Waals surface area contributed by atoms with Crippen LogP contribution in [-0.2, 0) is 20.7 Å². The molecule has 0 spiro atoms. The van der Waals surface area contributed by atoms with E-state index < -0.39 is 13.2 Å². The van der Waals surface area contributed by atoms with Gasteiger partial charge in [-0.25, -0.2) is 4.39 Å². The fourth-order valence-electron chi connectivity index (χ4n) is 4.68. The van der Waals surface area contributed by atoms with Gasteiger partial charge in [-0.15, -0.1) is 0 Å². The second kappa shape index (κ2) is 12.9. The van der Waals surface area contributed by atoms with E-state index in [2.05, 4.69) is 19.9 Å². The van der Waals surface area contributed by atoms with Gasteiger partial charge in [-0.3, -0.25) is 4.79 Å². The van der Waals surface area contributed by atoms with E-state index in [9.17, 15) is 14.3 Å². The summed E-state index contributed by atoms with van der Waals surface area (Å²) in [5.74, 6) is 0.675. The van der Waals surface area contributed by atoms with E-state index in [1.165, 1.54) is 0 Å². The number of phenolic OH excluding ortho intramolecular Hbond substituents is 1. The maximum absolute atomic E-state index is 13.2. The Morgan fingerprint density at radius 2 is 1.91 bits per heavy atom. The van der Waals surface area contributed by atoms with Crippen LogP contribution in [0.4, 0.5) is 4.39 Å². The van der Waals surface area contributed by atoms with Gasteiger partial charge in [0.25, 0.3) is 0 Å². The highest BCUT2D eigenvalue weighted by Crippen LogP contribution is 2.46. The number of ether oxygens (including phenoxy) is 3. The van der Waals surface area contributed by atoms with Crippen molar-refractivity contribution in [1.82, 2.24) is 0 Å². The number of carbonyl (C=O) groups excluding carboxylic acids is 1. The highest BCUT2D eigenvalue weighted by molar-refractivity contribution is 6.33. The number of alkyl halides is 1. The number of ketones is 1. The van der Waals surface area contributed by atoms with E-state index in [0.717, 1.165) is 12.0 Å². The molecule has 1 fully saturated rings. The molecule has 1 aliphatic rings. The highest BCUT2D eigenvalue weighted by Gasteiger charge is 2.41. The molecule has 1 aliphatic carbocycles. The number of hydrogen-bond acceptors (Lipinski definition) is 5. The molecule has 2 rings (SSSR count). The van der Waals surface area contributed by atoms with Crippen LogP contribution in [0.2, 0.25) is 5.02 Å². The Hall–Kier alpha value is -1.89. The minimum atomic E-state index is -1.07. The Morgan fingerprint density at radius 1 is 1.29 bits per heavy atom. The van der Waals surface area contributed by atoms with Gasteiger partial charge in [0, 0.05) is 31.1 Å². The first kappa shape index (κ1) is 29.3. The van der Waals surface area contributed by atoms with E-state index >= 15 is 0 Å². The molecule has 5 nitrogen and oxygen atoms in total. The maximum Gasteiger partial charge on any atom is 0.228 e. The van der Waals surface area contributed by atoms with E-state index in [1.807, 2.05) is 39.8 Å². The SMILES string of the molecule is CCOC(OCC)c1c(C)c(Cl)c(OCF)c(C/C=C(C)/C=C/[C@@]2(C)[C@H](C)CCC(=O)[C@@H]2C)c1O. The first-order valence-electron chi connectivity index (χ1n) is 12.4. The average molecular weight is 511 g/mol. The number of benzene rings is 1. The van der Waals surface area contributed by atoms with Crippen molar-refractivity contribution >= 4 is 17.4 Å². The van der Waals surface area contributed by atoms with E-state index in [4.69, 9.17) is 25.8 Å². The zero-order valence-corrected chi connectivity index (χ0v) is 22.8. The van der Waals surface area contributed by atoms with Crippen molar-refractivity contribution < 1.29 is 28.5 Å². The van der Waals surface area contributed by atoms with Crippen LogP contribution < -0.4 is 4.74 Å². The summed E-state index contributed by atoms with van der Waals surface area (Å²) in [7, 11) is 0. The van der Waals surface area contributed by atoms with Gasteiger partial charge in [0.15, 0.2) is 6.29 Å². The zero-order valence-electron chi connectivity index (χ0n) is 22.0. The van der Waals surface area contributed by atoms with Crippen LogP contribution in [0.5, 0.6) is 11.5 Å². The van der Waals surface area contributed by atoms with Gasteiger partial charge in [-0.05, 0) is 57.4 Å². The monoisotopic (exact) mass is 510 g/mol. The van der Waals surface area contributed by atoms with Crippen molar-refractivity contribution in [3.63, 3.8) is 0 Å². The normalized spacial score (nSPS) is 23.5. The molecule has 0 aliphatic heterocycles. The van der Waals surface area contributed by atoms with Crippen molar-refractivity contribution in [2.75, 3.05) is 20.1 Å². The molecular weight excluding hydrogens is 471 g/mol. The summed E-state index contributed by atoms with van der Waals surface area (Å²) in [6, 6.07) is 0. The van der Waals surface area contributed by atoms with Crippen LogP contribution >= 0.6 is 11.6 Å². The number of allylic oxidation sites excluding steroid dienone is 4. The van der Waals surface area contributed by atoms with Crippen LogP contribution in [-0.4, -0.2) is 31.0 Å². The summed E-state index contributed by atoms with van der Waals surface area (Å²) < 4.78 is 29.8. The average Bonchev–Trinajstić information content (AvgIpc) is 2.82. The summed E-state index contributed by atoms with van der Waals surface area (Å²) in [5, 5.41) is 11.4. The van der Waals surface area contributed by atoms with Gasteiger partial charge in [-0.1, -0.05) is 56.2 Å². The minimum absolute atomic E-state index is 0.0450. The van der Waals surface area contributed by atoms with Crippen molar-refractivity contribution in [1.29, 1.82) is 0 Å². The minimum Gasteiger partial charge on any atom is -0.507 e. The second-order valence-corrected chi connectivity index (χ2v) is 9.86. The third-order valence-corrected chi connectivity index (χ3v) is 7.91. The third-order valence-electron chi connectivity index (χ3n) is 7.45. The summed E-state index contributed by atoms with van der Waals surface area (Å²) in [4.78, 5) is 12.3. The maximum atomic E-state index is 13.2. The summed E-state index contributed by atoms with van der Waals surface area (Å²) in [6.07, 6.45) is 7.03. The van der Waals surface area contributed by atoms with Crippen molar-refractivity contribution in [3.05, 3.63) is 45.5 Å². The van der Waals surface area contributed by atoms with Crippen molar-refractivity contribution in [2.24, 2.45) is 17.3 Å². The molecule has 1 N–H and O–H groups in total. The summed E-state index contributed by atoms with van der Waals surface area (Å²) in [5.41, 5.74) is 2.02. The van der Waals surface area contributed by atoms with Gasteiger partial charge < -0.3 is 19.3 Å². The van der Waals surface area contributed by atoms with E-state index in [0.29, 0.717) is 48.0 Å². The van der Waals surface area contributed by atoms with E-state index in [-0.39, 0.29) is 34.3 Å². The van der Waals surface area contributed by atoms with Crippen LogP contribution in [0.1, 0.15) is 77.4 Å². The molecule has 0 aromatic heterocycles. The molecule has 0 unspecified atom stereocenters. The fourth-order valence-corrected chi connectivity index (χ4v) is 4.95. The zero-order chi connectivity index (χ0) is 26.3. The Balaban J connectivity index is 2.45. The molecule has 0 radical (unpaired) electrons. The lowest BCUT2D eigenvalue weighted by atomic mass is 9.61. The van der Waals surface area contributed by atoms with Gasteiger partial charge in [0.1, 0.15) is 17.3 Å². The number of aromatic hydroxyl groups is 1. The molecule has 0 saturated heterocycles. The fraction of sp³-hybridized carbons (Fsp3) is 0.607. The number of carbonyl (C=O) groups is 1. The van der Waals surface area contributed by atoms with Crippen LogP contribution in [0.3, 0.4) is 0 Å². The molecule has 0 heterocycles. The Labute approximate surface area is 214 Å². The predicted octanol–water partition coefficient (Wildman–Crippen LogP) is 7.42.